The van der Waals surface area contributed by atoms with E-state index in [1.807, 2.05) is 34.6 Å². The molecule has 22 heavy (non-hydrogen) atoms. The molecule has 1 aromatic rings. The Kier molecular flexibility index (Phi) is 4.47. The van der Waals surface area contributed by atoms with Gasteiger partial charge in [0.25, 0.3) is 5.69 Å². The summed E-state index contributed by atoms with van der Waals surface area (Å²) in [5.41, 5.74) is 3.22. The van der Waals surface area contributed by atoms with Crippen molar-refractivity contribution in [3.05, 3.63) is 32.4 Å². The third-order valence-corrected chi connectivity index (χ3v) is 4.26. The average Bonchev–Trinajstić information content (AvgIpc) is 2.72. The van der Waals surface area contributed by atoms with Crippen molar-refractivity contribution in [3.8, 4) is 5.75 Å². The molecule has 0 spiro atoms. The van der Waals surface area contributed by atoms with Gasteiger partial charge in [-0.1, -0.05) is 13.8 Å². The first-order valence-corrected chi connectivity index (χ1v) is 7.82. The van der Waals surface area contributed by atoms with Crippen LogP contribution in [0.4, 0.5) is 5.69 Å². The molecule has 0 aromatic heterocycles. The first-order chi connectivity index (χ1) is 10.2. The maximum atomic E-state index is 11.6. The molecule has 1 aromatic carbocycles. The molecular weight excluding hydrogens is 282 g/mol. The lowest BCUT2D eigenvalue weighted by molar-refractivity contribution is -0.386. The Morgan fingerprint density at radius 2 is 2.05 bits per heavy atom. The fourth-order valence-electron chi connectivity index (χ4n) is 3.40. The Morgan fingerprint density at radius 3 is 2.55 bits per heavy atom. The fourth-order valence-corrected chi connectivity index (χ4v) is 3.40. The van der Waals surface area contributed by atoms with Crippen LogP contribution in [0, 0.1) is 17.0 Å². The molecule has 0 radical (unpaired) electrons. The fraction of sp³-hybridized carbons (Fsp3) is 0.647. The highest BCUT2D eigenvalue weighted by molar-refractivity contribution is 5.65. The summed E-state index contributed by atoms with van der Waals surface area (Å²) in [7, 11) is 0. The van der Waals surface area contributed by atoms with Crippen molar-refractivity contribution in [2.24, 2.45) is 0 Å². The Balaban J connectivity index is 2.76. The highest BCUT2D eigenvalue weighted by Crippen LogP contribution is 2.48. The zero-order chi connectivity index (χ0) is 16.7. The molecule has 1 heterocycles. The van der Waals surface area contributed by atoms with Gasteiger partial charge in [-0.05, 0) is 39.5 Å². The van der Waals surface area contributed by atoms with Crippen LogP contribution in [0.1, 0.15) is 62.3 Å². The number of rotatable bonds is 5. The lowest BCUT2D eigenvalue weighted by Gasteiger charge is -2.21. The van der Waals surface area contributed by atoms with Gasteiger partial charge in [0, 0.05) is 35.3 Å². The normalized spacial score (nSPS) is 15.8. The monoisotopic (exact) mass is 307 g/mol. The van der Waals surface area contributed by atoms with Crippen LogP contribution in [0.15, 0.2) is 0 Å². The number of aliphatic hydroxyl groups is 1. The third-order valence-electron chi connectivity index (χ3n) is 4.26. The zero-order valence-corrected chi connectivity index (χ0v) is 14.0. The number of nitro benzene ring substituents is 1. The summed E-state index contributed by atoms with van der Waals surface area (Å²) in [6, 6.07) is 0. The van der Waals surface area contributed by atoms with Gasteiger partial charge in [0.05, 0.1) is 4.92 Å². The second kappa shape index (κ2) is 5.88. The van der Waals surface area contributed by atoms with Crippen molar-refractivity contribution in [2.75, 3.05) is 6.61 Å². The van der Waals surface area contributed by atoms with Crippen LogP contribution in [0.25, 0.3) is 0 Å². The Morgan fingerprint density at radius 1 is 1.41 bits per heavy atom. The molecular formula is C17H25NO4. The topological polar surface area (TPSA) is 72.6 Å². The molecule has 122 valence electrons. The van der Waals surface area contributed by atoms with Crippen molar-refractivity contribution in [1.82, 2.24) is 0 Å². The second-order valence-electron chi connectivity index (χ2n) is 6.95. The van der Waals surface area contributed by atoms with E-state index >= 15 is 0 Å². The molecule has 2 rings (SSSR count). The molecule has 0 unspecified atom stereocenters. The summed E-state index contributed by atoms with van der Waals surface area (Å²) < 4.78 is 6.12. The van der Waals surface area contributed by atoms with Crippen molar-refractivity contribution in [3.63, 3.8) is 0 Å². The molecule has 1 aliphatic heterocycles. The van der Waals surface area contributed by atoms with Crippen molar-refractivity contribution < 1.29 is 14.8 Å². The zero-order valence-electron chi connectivity index (χ0n) is 14.0. The molecule has 0 saturated heterocycles. The summed E-state index contributed by atoms with van der Waals surface area (Å²) >= 11 is 0. The van der Waals surface area contributed by atoms with Gasteiger partial charge in [-0.15, -0.1) is 0 Å². The molecule has 0 amide bonds. The number of nitro groups is 1. The molecule has 0 saturated carbocycles. The average molecular weight is 307 g/mol. The van der Waals surface area contributed by atoms with Gasteiger partial charge in [-0.3, -0.25) is 10.1 Å². The molecule has 5 heteroatoms. The molecule has 1 aliphatic rings. The minimum Gasteiger partial charge on any atom is -0.487 e. The Labute approximate surface area is 131 Å². The first-order valence-electron chi connectivity index (χ1n) is 7.82. The van der Waals surface area contributed by atoms with E-state index in [9.17, 15) is 10.1 Å². The lowest BCUT2D eigenvalue weighted by Crippen LogP contribution is -2.25. The van der Waals surface area contributed by atoms with E-state index in [0.717, 1.165) is 28.0 Å². The van der Waals surface area contributed by atoms with E-state index in [1.54, 1.807) is 0 Å². The summed E-state index contributed by atoms with van der Waals surface area (Å²) in [5.74, 6) is 0.843. The molecule has 0 fully saturated rings. The van der Waals surface area contributed by atoms with E-state index in [1.165, 1.54) is 0 Å². The van der Waals surface area contributed by atoms with E-state index in [4.69, 9.17) is 9.84 Å². The SMILES string of the molecule is Cc1c2c(c(CCCO)c(C(C)C)c1[N+](=O)[O-])OC(C)(C)C2. The largest absolute Gasteiger partial charge is 0.487 e. The van der Waals surface area contributed by atoms with E-state index < -0.39 is 0 Å². The maximum absolute atomic E-state index is 11.6. The summed E-state index contributed by atoms with van der Waals surface area (Å²) in [6.07, 6.45) is 1.86. The number of benzene rings is 1. The minimum atomic E-state index is -0.343. The van der Waals surface area contributed by atoms with Gasteiger partial charge in [0.2, 0.25) is 0 Å². The van der Waals surface area contributed by atoms with E-state index in [-0.39, 0.29) is 28.7 Å². The van der Waals surface area contributed by atoms with Crippen LogP contribution in [-0.2, 0) is 12.8 Å². The molecule has 0 bridgehead atoms. The Bertz CT molecular complexity index is 605. The smallest absolute Gasteiger partial charge is 0.276 e. The van der Waals surface area contributed by atoms with Crippen LogP contribution >= 0.6 is 0 Å². The number of aliphatic hydroxyl groups excluding tert-OH is 1. The summed E-state index contributed by atoms with van der Waals surface area (Å²) in [5, 5.41) is 20.8. The minimum absolute atomic E-state index is 0.0328. The van der Waals surface area contributed by atoms with Crippen LogP contribution in [-0.4, -0.2) is 22.2 Å². The third kappa shape index (κ3) is 2.82. The number of hydrogen-bond acceptors (Lipinski definition) is 4. The number of nitrogens with zero attached hydrogens (tertiary/aromatic N) is 1. The number of hydrogen-bond donors (Lipinski definition) is 1. The van der Waals surface area contributed by atoms with Crippen LogP contribution in [0.5, 0.6) is 5.75 Å². The molecule has 5 nitrogen and oxygen atoms in total. The maximum Gasteiger partial charge on any atom is 0.276 e. The van der Waals surface area contributed by atoms with Crippen molar-refractivity contribution >= 4 is 5.69 Å². The molecule has 1 N–H and O–H groups in total. The second-order valence-corrected chi connectivity index (χ2v) is 6.95. The Hall–Kier alpha value is -1.62. The van der Waals surface area contributed by atoms with Gasteiger partial charge in [0.15, 0.2) is 0 Å². The highest BCUT2D eigenvalue weighted by Gasteiger charge is 2.39. The van der Waals surface area contributed by atoms with Crippen LogP contribution in [0.2, 0.25) is 0 Å². The van der Waals surface area contributed by atoms with Crippen LogP contribution < -0.4 is 4.74 Å². The number of ether oxygens (including phenoxy) is 1. The quantitative estimate of drug-likeness (QED) is 0.665. The van der Waals surface area contributed by atoms with Gasteiger partial charge in [-0.2, -0.15) is 0 Å². The first kappa shape index (κ1) is 16.7. The van der Waals surface area contributed by atoms with Gasteiger partial charge in [-0.25, -0.2) is 0 Å². The summed E-state index contributed by atoms with van der Waals surface area (Å²) in [4.78, 5) is 11.4. The van der Waals surface area contributed by atoms with Crippen LogP contribution in [0.3, 0.4) is 0 Å². The van der Waals surface area contributed by atoms with Gasteiger partial charge in [0.1, 0.15) is 11.4 Å². The standard InChI is InChI=1S/C17H25NO4/c1-10(2)14-12(7-6-8-19)16-13(9-17(4,5)22-16)11(3)15(14)18(20)21/h10,19H,6-9H2,1-5H3. The van der Waals surface area contributed by atoms with E-state index in [2.05, 4.69) is 0 Å². The predicted molar refractivity (Wildman–Crippen MR) is 85.7 cm³/mol. The number of fused-ring (bicyclic) bond motifs is 1. The molecule has 0 atom stereocenters. The van der Waals surface area contributed by atoms with Gasteiger partial charge >= 0.3 is 0 Å². The highest BCUT2D eigenvalue weighted by atomic mass is 16.6. The molecule has 0 aliphatic carbocycles. The van der Waals surface area contributed by atoms with Crippen molar-refractivity contribution in [2.45, 2.75) is 65.4 Å². The van der Waals surface area contributed by atoms with Gasteiger partial charge < -0.3 is 9.84 Å². The summed E-state index contributed by atoms with van der Waals surface area (Å²) in [6.45, 7) is 9.83. The lowest BCUT2D eigenvalue weighted by atomic mass is 9.86. The van der Waals surface area contributed by atoms with Crippen molar-refractivity contribution in [1.29, 1.82) is 0 Å². The predicted octanol–water partition coefficient (Wildman–Crippen LogP) is 3.67. The van der Waals surface area contributed by atoms with E-state index in [0.29, 0.717) is 19.3 Å².